The van der Waals surface area contributed by atoms with E-state index >= 15 is 0 Å². The number of pyridine rings is 1. The van der Waals surface area contributed by atoms with Gasteiger partial charge >= 0.3 is 0 Å². The smallest absolute Gasteiger partial charge is 0.141 e. The number of aliphatic hydroxyl groups excluding tert-OH is 1. The lowest BCUT2D eigenvalue weighted by atomic mass is 9.99. The molecule has 3 atom stereocenters. The summed E-state index contributed by atoms with van der Waals surface area (Å²) < 4.78 is 19.2. The van der Waals surface area contributed by atoms with Crippen LogP contribution in [0.4, 0.5) is 21.5 Å². The minimum Gasteiger partial charge on any atom is -0.390 e. The number of halogens is 3. The number of β-amino-alcohol motifs (C(OH)–C–C–N with tert-alkyl or cyclic N) is 1. The van der Waals surface area contributed by atoms with Crippen molar-refractivity contribution in [3.8, 4) is 6.07 Å². The monoisotopic (exact) mass is 676 g/mol. The molecule has 244 valence electrons. The largest absolute Gasteiger partial charge is 0.390 e. The van der Waals surface area contributed by atoms with E-state index in [1.165, 1.54) is 24.4 Å². The molecule has 0 saturated carbocycles. The molecule has 2 aromatic carbocycles. The molecular formula is C34H35Cl2FN8O2. The second kappa shape index (κ2) is 14.3. The van der Waals surface area contributed by atoms with Gasteiger partial charge < -0.3 is 25.9 Å². The Morgan fingerprint density at radius 3 is 2.74 bits per heavy atom. The number of nitriles is 1. The summed E-state index contributed by atoms with van der Waals surface area (Å²) in [5.41, 5.74) is 10.4. The number of hydrogen-bond donors (Lipinski definition) is 5. The van der Waals surface area contributed by atoms with Gasteiger partial charge in [0, 0.05) is 42.2 Å². The summed E-state index contributed by atoms with van der Waals surface area (Å²) in [4.78, 5) is 6.74. The number of fused-ring (bicyclic) bond motifs is 1. The SMILES string of the molecule is C=C(/C=C\C=C/C)[C@H](Nc1cc(Cl)c2ncc(C#N)c(Nc3ccc(F)c(Cl)c3)c2c1)C1=CN(C2CCN(C3COC3)C[C@H]2O)NN1. The summed E-state index contributed by atoms with van der Waals surface area (Å²) in [6.45, 7) is 9.16. The summed E-state index contributed by atoms with van der Waals surface area (Å²) in [6, 6.07) is 9.83. The van der Waals surface area contributed by atoms with E-state index in [0.717, 1.165) is 24.2 Å². The topological polar surface area (TPSA) is 121 Å². The number of benzene rings is 2. The highest BCUT2D eigenvalue weighted by atomic mass is 35.5. The number of hydrogen-bond acceptors (Lipinski definition) is 10. The Labute approximate surface area is 282 Å². The van der Waals surface area contributed by atoms with Gasteiger partial charge in [-0.2, -0.15) is 5.26 Å². The van der Waals surface area contributed by atoms with Crippen LogP contribution in [-0.2, 0) is 4.74 Å². The van der Waals surface area contributed by atoms with E-state index in [9.17, 15) is 14.8 Å². The van der Waals surface area contributed by atoms with Gasteiger partial charge in [0.2, 0.25) is 0 Å². The molecule has 1 unspecified atom stereocenters. The molecule has 0 aliphatic carbocycles. The number of aliphatic hydroxyl groups is 1. The number of rotatable bonds is 10. The van der Waals surface area contributed by atoms with E-state index in [2.05, 4.69) is 44.1 Å². The molecule has 6 rings (SSSR count). The van der Waals surface area contributed by atoms with Crippen molar-refractivity contribution in [1.82, 2.24) is 25.9 Å². The van der Waals surface area contributed by atoms with Crippen molar-refractivity contribution in [2.24, 2.45) is 0 Å². The van der Waals surface area contributed by atoms with Gasteiger partial charge in [-0.25, -0.2) is 4.39 Å². The minimum atomic E-state index is -0.554. The van der Waals surface area contributed by atoms with Crippen molar-refractivity contribution in [3.63, 3.8) is 0 Å². The number of piperidine rings is 1. The van der Waals surface area contributed by atoms with Crippen molar-refractivity contribution >= 4 is 51.2 Å². The maximum Gasteiger partial charge on any atom is 0.141 e. The van der Waals surface area contributed by atoms with Gasteiger partial charge in [0.25, 0.3) is 0 Å². The molecule has 0 bridgehead atoms. The van der Waals surface area contributed by atoms with Gasteiger partial charge in [-0.15, -0.1) is 5.53 Å². The van der Waals surface area contributed by atoms with Gasteiger partial charge in [-0.05, 0) is 49.2 Å². The predicted octanol–water partition coefficient (Wildman–Crippen LogP) is 5.77. The summed E-state index contributed by atoms with van der Waals surface area (Å²) in [7, 11) is 0. The maximum atomic E-state index is 13.9. The number of nitrogens with zero attached hydrogens (tertiary/aromatic N) is 4. The first-order valence-corrected chi connectivity index (χ1v) is 16.0. The van der Waals surface area contributed by atoms with Crippen LogP contribution in [-0.4, -0.2) is 70.5 Å². The quantitative estimate of drug-likeness (QED) is 0.169. The number of likely N-dealkylation sites (tertiary alicyclic amines) is 1. The molecule has 0 amide bonds. The second-order valence-electron chi connectivity index (χ2n) is 11.6. The number of aromatic nitrogens is 1. The molecule has 1 aromatic heterocycles. The highest BCUT2D eigenvalue weighted by Crippen LogP contribution is 2.36. The predicted molar refractivity (Wildman–Crippen MR) is 183 cm³/mol. The van der Waals surface area contributed by atoms with E-state index in [-0.39, 0.29) is 16.6 Å². The third-order valence-electron chi connectivity index (χ3n) is 8.52. The Kier molecular flexibility index (Phi) is 9.98. The molecule has 3 aliphatic heterocycles. The number of anilines is 3. The highest BCUT2D eigenvalue weighted by molar-refractivity contribution is 6.36. The third-order valence-corrected chi connectivity index (χ3v) is 9.10. The molecule has 4 heterocycles. The fourth-order valence-corrected chi connectivity index (χ4v) is 6.36. The molecule has 3 aromatic rings. The zero-order valence-electron chi connectivity index (χ0n) is 25.7. The zero-order valence-corrected chi connectivity index (χ0v) is 27.2. The van der Waals surface area contributed by atoms with Crippen LogP contribution in [0.5, 0.6) is 0 Å². The fraction of sp³-hybridized carbons (Fsp3) is 0.294. The van der Waals surface area contributed by atoms with Gasteiger partial charge in [0.1, 0.15) is 11.9 Å². The molecule has 3 aliphatic rings. The van der Waals surface area contributed by atoms with E-state index in [1.54, 1.807) is 6.07 Å². The van der Waals surface area contributed by atoms with E-state index in [1.807, 2.05) is 48.5 Å². The Hall–Kier alpha value is -4.15. The molecule has 10 nitrogen and oxygen atoms in total. The number of ether oxygens (including phenoxy) is 1. The van der Waals surface area contributed by atoms with Gasteiger partial charge in [-0.3, -0.25) is 14.9 Å². The van der Waals surface area contributed by atoms with Crippen LogP contribution < -0.4 is 21.6 Å². The van der Waals surface area contributed by atoms with Crippen LogP contribution in [0.2, 0.25) is 10.0 Å². The normalized spacial score (nSPS) is 21.0. The lowest BCUT2D eigenvalue weighted by Gasteiger charge is -2.45. The first-order valence-electron chi connectivity index (χ1n) is 15.3. The van der Waals surface area contributed by atoms with Gasteiger partial charge in [0.05, 0.1) is 70.0 Å². The van der Waals surface area contributed by atoms with Crippen molar-refractivity contribution in [2.75, 3.05) is 36.9 Å². The fourth-order valence-electron chi connectivity index (χ4n) is 5.91. The standard InChI is InChI=1S/C34H35Cl2FN8O2/c1-3-4-5-6-20(2)32(29-16-45(43-42-29)30-9-10-44(17-31(30)46)24-18-47-19-24)41-23-11-25-33(40-22-7-8-28(37)26(35)12-22)21(14-38)15-39-34(25)27(36)13-23/h3-8,11-13,15-16,24,30-32,41-43,46H,2,9-10,17-19H2,1H3,(H,39,40)/b4-3-,6-5-/t30?,31-,32+/m1/s1. The van der Waals surface area contributed by atoms with Gasteiger partial charge in [0.15, 0.2) is 0 Å². The van der Waals surface area contributed by atoms with Crippen LogP contribution >= 0.6 is 23.2 Å². The van der Waals surface area contributed by atoms with Crippen LogP contribution in [0.15, 0.2) is 84.9 Å². The van der Waals surface area contributed by atoms with Crippen molar-refractivity contribution in [3.05, 3.63) is 106 Å². The minimum absolute atomic E-state index is 0.0504. The first kappa shape index (κ1) is 32.8. The van der Waals surface area contributed by atoms with Crippen molar-refractivity contribution in [2.45, 2.75) is 37.6 Å². The van der Waals surface area contributed by atoms with Crippen LogP contribution in [0.1, 0.15) is 18.9 Å². The van der Waals surface area contributed by atoms with Crippen LogP contribution in [0.3, 0.4) is 0 Å². The van der Waals surface area contributed by atoms with Crippen LogP contribution in [0.25, 0.3) is 10.9 Å². The molecule has 5 N–H and O–H groups in total. The number of nitrogens with one attached hydrogen (secondary N) is 4. The molecule has 0 spiro atoms. The van der Waals surface area contributed by atoms with Crippen LogP contribution in [0, 0.1) is 17.1 Å². The average molecular weight is 678 g/mol. The maximum absolute atomic E-state index is 13.9. The van der Waals surface area contributed by atoms with Crippen molar-refractivity contribution in [1.29, 1.82) is 5.26 Å². The lowest BCUT2D eigenvalue weighted by Crippen LogP contribution is -2.61. The number of hydrazine groups is 2. The van der Waals surface area contributed by atoms with Crippen molar-refractivity contribution < 1.29 is 14.2 Å². The summed E-state index contributed by atoms with van der Waals surface area (Å²) in [5, 5.41) is 30.6. The zero-order chi connectivity index (χ0) is 33.1. The van der Waals surface area contributed by atoms with E-state index in [0.29, 0.717) is 58.8 Å². The first-order chi connectivity index (χ1) is 22.7. The highest BCUT2D eigenvalue weighted by Gasteiger charge is 2.38. The summed E-state index contributed by atoms with van der Waals surface area (Å²) in [5.74, 6) is -0.548. The molecule has 13 heteroatoms. The molecule has 47 heavy (non-hydrogen) atoms. The molecular weight excluding hydrogens is 642 g/mol. The average Bonchev–Trinajstić information content (AvgIpc) is 3.51. The Balaban J connectivity index is 1.31. The third kappa shape index (κ3) is 7.09. The van der Waals surface area contributed by atoms with E-state index < -0.39 is 18.0 Å². The Morgan fingerprint density at radius 1 is 1.23 bits per heavy atom. The molecule has 0 radical (unpaired) electrons. The van der Waals surface area contributed by atoms with E-state index in [4.69, 9.17) is 27.9 Å². The van der Waals surface area contributed by atoms with Gasteiger partial charge in [-0.1, -0.05) is 54.1 Å². The lowest BCUT2D eigenvalue weighted by molar-refractivity contribution is -0.101. The summed E-state index contributed by atoms with van der Waals surface area (Å²) >= 11 is 12.8. The summed E-state index contributed by atoms with van der Waals surface area (Å²) in [6.07, 6.45) is 11.3. The molecule has 2 saturated heterocycles. The second-order valence-corrected chi connectivity index (χ2v) is 12.5. The Bertz CT molecular complexity index is 1800. The Morgan fingerprint density at radius 2 is 2.04 bits per heavy atom. The molecule has 2 fully saturated rings. The number of allylic oxidation sites excluding steroid dienone is 3.